The second kappa shape index (κ2) is 9.79. The highest BCUT2D eigenvalue weighted by atomic mass is 28.4. The van der Waals surface area contributed by atoms with E-state index in [1.165, 1.54) is 24.9 Å². The van der Waals surface area contributed by atoms with Crippen LogP contribution < -0.4 is 11.2 Å². The summed E-state index contributed by atoms with van der Waals surface area (Å²) in [6, 6.07) is 0. The molecule has 0 saturated carbocycles. The molecule has 1 aromatic heterocycles. The summed E-state index contributed by atoms with van der Waals surface area (Å²) in [5, 5.41) is 8.75. The average Bonchev–Trinajstić information content (AvgIpc) is 3.20. The molecule has 0 radical (unpaired) electrons. The molecule has 1 spiro atoms. The summed E-state index contributed by atoms with van der Waals surface area (Å²) in [4.78, 5) is 40.0. The number of amides is 1. The molecular formula is C26H46N4O7Si2. The molecule has 220 valence electrons. The Morgan fingerprint density at radius 3 is 2.00 bits per heavy atom. The van der Waals surface area contributed by atoms with E-state index < -0.39 is 58.0 Å². The Labute approximate surface area is 233 Å². The third kappa shape index (κ3) is 5.12. The van der Waals surface area contributed by atoms with E-state index in [2.05, 4.69) is 67.7 Å². The SMILES string of the molecule is Cc1cn([C@@H]2OC(CO[Si](C)(C)C(C)(C)C)C3(OC(=O)N(C)C3=N)[C@H]2O[Si](C)(C)C(C)(C)C)c(=O)n(C)c1=O. The molecule has 1 N–H and O–H groups in total. The molecule has 2 aliphatic heterocycles. The smallest absolute Gasteiger partial charge is 0.416 e. The van der Waals surface area contributed by atoms with Crippen LogP contribution in [0.4, 0.5) is 4.79 Å². The van der Waals surface area contributed by atoms with Crippen molar-refractivity contribution in [2.24, 2.45) is 7.05 Å². The number of carbonyl (C=O) groups excluding carboxylic acids is 1. The third-order valence-corrected chi connectivity index (χ3v) is 18.0. The van der Waals surface area contributed by atoms with Crippen molar-refractivity contribution in [3.8, 4) is 0 Å². The van der Waals surface area contributed by atoms with Crippen molar-refractivity contribution >= 4 is 28.6 Å². The predicted molar refractivity (Wildman–Crippen MR) is 155 cm³/mol. The summed E-state index contributed by atoms with van der Waals surface area (Å²) in [6.07, 6.45) is -2.30. The van der Waals surface area contributed by atoms with E-state index in [1.54, 1.807) is 6.92 Å². The van der Waals surface area contributed by atoms with Crippen molar-refractivity contribution in [1.29, 1.82) is 5.41 Å². The van der Waals surface area contributed by atoms with Crippen LogP contribution in [0.2, 0.25) is 36.3 Å². The van der Waals surface area contributed by atoms with Gasteiger partial charge in [0, 0.05) is 25.9 Å². The number of ether oxygens (including phenoxy) is 2. The maximum Gasteiger partial charge on any atom is 0.416 e. The standard InChI is InChI=1S/C26H46N4O7Si2/c1-16-14-30(22(32)28(8)19(16)31)20-18(37-39(12,13)25(5,6)7)26(21(27)29(9)23(33)36-26)17(35-20)15-34-38(10,11)24(2,3)4/h14,17-18,20,27H,15H2,1-13H3/t17?,18-,20+,26?/m0/s1. The van der Waals surface area contributed by atoms with Crippen molar-refractivity contribution in [1.82, 2.24) is 14.0 Å². The van der Waals surface area contributed by atoms with Crippen LogP contribution in [0.25, 0.3) is 0 Å². The molecule has 1 amide bonds. The van der Waals surface area contributed by atoms with E-state index in [0.717, 1.165) is 9.47 Å². The number of aromatic nitrogens is 2. The Morgan fingerprint density at radius 2 is 1.54 bits per heavy atom. The first-order valence-electron chi connectivity index (χ1n) is 13.3. The lowest BCUT2D eigenvalue weighted by molar-refractivity contribution is -0.0567. The molecule has 2 fully saturated rings. The van der Waals surface area contributed by atoms with E-state index in [-0.39, 0.29) is 22.5 Å². The Bertz CT molecular complexity index is 1270. The maximum atomic E-state index is 13.4. The summed E-state index contributed by atoms with van der Waals surface area (Å²) >= 11 is 0. The number of aryl methyl sites for hydroxylation is 1. The molecule has 4 atom stereocenters. The molecule has 0 aromatic carbocycles. The van der Waals surface area contributed by atoms with Crippen molar-refractivity contribution in [3.05, 3.63) is 32.6 Å². The first-order valence-corrected chi connectivity index (χ1v) is 19.1. The zero-order valence-electron chi connectivity index (χ0n) is 25.7. The van der Waals surface area contributed by atoms with Crippen LogP contribution in [0.1, 0.15) is 53.3 Å². The quantitative estimate of drug-likeness (QED) is 0.503. The van der Waals surface area contributed by atoms with Gasteiger partial charge in [0.15, 0.2) is 28.7 Å². The first kappa shape index (κ1) is 31.5. The molecule has 0 aliphatic carbocycles. The largest absolute Gasteiger partial charge is 0.428 e. The minimum absolute atomic E-state index is 0.0351. The van der Waals surface area contributed by atoms with Gasteiger partial charge < -0.3 is 18.3 Å². The molecule has 0 bridgehead atoms. The predicted octanol–water partition coefficient (Wildman–Crippen LogP) is 3.96. The van der Waals surface area contributed by atoms with Gasteiger partial charge in [0.25, 0.3) is 5.56 Å². The van der Waals surface area contributed by atoms with Gasteiger partial charge in [-0.05, 0) is 43.2 Å². The zero-order valence-corrected chi connectivity index (χ0v) is 27.7. The van der Waals surface area contributed by atoms with Gasteiger partial charge in [-0.25, -0.2) is 9.59 Å². The van der Waals surface area contributed by atoms with E-state index >= 15 is 0 Å². The molecule has 3 heterocycles. The Morgan fingerprint density at radius 1 is 1.00 bits per heavy atom. The number of hydrogen-bond acceptors (Lipinski definition) is 8. The van der Waals surface area contributed by atoms with Crippen LogP contribution >= 0.6 is 0 Å². The minimum atomic E-state index is -2.59. The molecule has 39 heavy (non-hydrogen) atoms. The number of hydrogen-bond donors (Lipinski definition) is 1. The van der Waals surface area contributed by atoms with Gasteiger partial charge in [-0.3, -0.25) is 24.2 Å². The summed E-state index contributed by atoms with van der Waals surface area (Å²) in [6.45, 7) is 22.6. The van der Waals surface area contributed by atoms with E-state index in [4.69, 9.17) is 23.7 Å². The van der Waals surface area contributed by atoms with Gasteiger partial charge in [-0.1, -0.05) is 41.5 Å². The van der Waals surface area contributed by atoms with Gasteiger partial charge in [0.1, 0.15) is 12.2 Å². The zero-order chi connectivity index (χ0) is 30.1. The lowest BCUT2D eigenvalue weighted by atomic mass is 9.90. The maximum absolute atomic E-state index is 13.4. The molecule has 3 rings (SSSR count). The number of carbonyl (C=O) groups is 1. The minimum Gasteiger partial charge on any atom is -0.428 e. The van der Waals surface area contributed by atoms with Crippen molar-refractivity contribution in [3.63, 3.8) is 0 Å². The van der Waals surface area contributed by atoms with Crippen LogP contribution in [-0.4, -0.2) is 74.1 Å². The molecular weight excluding hydrogens is 536 g/mol. The molecule has 2 saturated heterocycles. The van der Waals surface area contributed by atoms with Crippen LogP contribution in [0.5, 0.6) is 0 Å². The first-order chi connectivity index (χ1) is 17.5. The lowest BCUT2D eigenvalue weighted by Crippen LogP contribution is -2.61. The molecule has 11 nitrogen and oxygen atoms in total. The Kier molecular flexibility index (Phi) is 7.90. The van der Waals surface area contributed by atoms with Crippen LogP contribution in [-0.2, 0) is 25.4 Å². The van der Waals surface area contributed by atoms with Crippen LogP contribution in [0, 0.1) is 12.3 Å². The van der Waals surface area contributed by atoms with Gasteiger partial charge in [0.2, 0.25) is 5.60 Å². The molecule has 13 heteroatoms. The van der Waals surface area contributed by atoms with Crippen molar-refractivity contribution < 1.29 is 23.1 Å². The Hall–Kier alpha value is -2.07. The lowest BCUT2D eigenvalue weighted by Gasteiger charge is -2.43. The fraction of sp³-hybridized carbons (Fsp3) is 0.769. The van der Waals surface area contributed by atoms with Gasteiger partial charge >= 0.3 is 11.8 Å². The van der Waals surface area contributed by atoms with Crippen LogP contribution in [0.15, 0.2) is 15.8 Å². The molecule has 2 aliphatic rings. The summed E-state index contributed by atoms with van der Waals surface area (Å²) in [5.74, 6) is -0.114. The average molecular weight is 583 g/mol. The van der Waals surface area contributed by atoms with Gasteiger partial charge in [0.05, 0.1) is 6.61 Å². The summed E-state index contributed by atoms with van der Waals surface area (Å²) in [5.41, 5.74) is -2.32. The topological polar surface area (TPSA) is 125 Å². The Balaban J connectivity index is 2.26. The molecule has 1 aromatic rings. The van der Waals surface area contributed by atoms with E-state index in [0.29, 0.717) is 5.56 Å². The second-order valence-electron chi connectivity index (χ2n) is 13.8. The number of rotatable bonds is 6. The summed E-state index contributed by atoms with van der Waals surface area (Å²) < 4.78 is 28.4. The van der Waals surface area contributed by atoms with E-state index in [1.807, 2.05) is 0 Å². The fourth-order valence-corrected chi connectivity index (χ4v) is 6.58. The monoisotopic (exact) mass is 582 g/mol. The number of nitrogens with one attached hydrogen (secondary N) is 1. The number of likely N-dealkylation sites (N-methyl/N-ethyl adjacent to an activating group) is 1. The highest BCUT2D eigenvalue weighted by Gasteiger charge is 2.70. The summed E-state index contributed by atoms with van der Waals surface area (Å²) in [7, 11) is -1.99. The highest BCUT2D eigenvalue weighted by Crippen LogP contribution is 2.50. The number of amidine groups is 1. The highest BCUT2D eigenvalue weighted by molar-refractivity contribution is 6.74. The van der Waals surface area contributed by atoms with E-state index in [9.17, 15) is 14.4 Å². The molecule has 2 unspecified atom stereocenters. The van der Waals surface area contributed by atoms with Gasteiger partial charge in [-0.2, -0.15) is 0 Å². The normalized spacial score (nSPS) is 26.6. The van der Waals surface area contributed by atoms with Crippen LogP contribution in [0.3, 0.4) is 0 Å². The fourth-order valence-electron chi connectivity index (χ4n) is 4.30. The third-order valence-electron chi connectivity index (χ3n) is 9.09. The van der Waals surface area contributed by atoms with Crippen molar-refractivity contribution in [2.45, 2.75) is 109 Å². The van der Waals surface area contributed by atoms with Crippen molar-refractivity contribution in [2.75, 3.05) is 13.7 Å². The van der Waals surface area contributed by atoms with Gasteiger partial charge in [-0.15, -0.1) is 0 Å². The number of nitrogens with zero attached hydrogens (tertiary/aromatic N) is 3. The second-order valence-corrected chi connectivity index (χ2v) is 23.4.